The number of carbonyl (C=O) groups excluding carboxylic acids is 1. The van der Waals surface area contributed by atoms with E-state index >= 15 is 0 Å². The van der Waals surface area contributed by atoms with Gasteiger partial charge in [-0.25, -0.2) is 9.18 Å². The Labute approximate surface area is 126 Å². The molecule has 0 saturated carbocycles. The molecular formula is C17H24FNO2. The van der Waals surface area contributed by atoms with Gasteiger partial charge < -0.3 is 9.64 Å². The Morgan fingerprint density at radius 3 is 2.76 bits per heavy atom. The molecule has 3 nitrogen and oxygen atoms in total. The summed E-state index contributed by atoms with van der Waals surface area (Å²) in [6.07, 6.45) is 1.27. The second-order valence-corrected chi connectivity index (χ2v) is 6.72. The van der Waals surface area contributed by atoms with Crippen molar-refractivity contribution in [2.24, 2.45) is 5.92 Å². The lowest BCUT2D eigenvalue weighted by Crippen LogP contribution is -2.38. The smallest absolute Gasteiger partial charge is 0.410 e. The Hall–Kier alpha value is -1.58. The largest absolute Gasteiger partial charge is 0.444 e. The minimum atomic E-state index is -0.518. The van der Waals surface area contributed by atoms with E-state index in [0.29, 0.717) is 19.5 Å². The summed E-state index contributed by atoms with van der Waals surface area (Å²) in [4.78, 5) is 14.0. The van der Waals surface area contributed by atoms with E-state index in [1.165, 1.54) is 6.07 Å². The lowest BCUT2D eigenvalue weighted by atomic mass is 9.95. The van der Waals surface area contributed by atoms with E-state index in [-0.39, 0.29) is 17.8 Å². The van der Waals surface area contributed by atoms with Gasteiger partial charge in [0.05, 0.1) is 0 Å². The van der Waals surface area contributed by atoms with E-state index in [1.807, 2.05) is 26.8 Å². The van der Waals surface area contributed by atoms with Gasteiger partial charge in [0.15, 0.2) is 0 Å². The fraction of sp³-hybridized carbons (Fsp3) is 0.588. The van der Waals surface area contributed by atoms with Gasteiger partial charge in [0.25, 0.3) is 0 Å². The van der Waals surface area contributed by atoms with Crippen LogP contribution in [0.2, 0.25) is 0 Å². The number of amides is 1. The van der Waals surface area contributed by atoms with Crippen molar-refractivity contribution in [1.29, 1.82) is 0 Å². The molecule has 1 amide bonds. The SMILES string of the molecule is CCC1Cc2c(F)cccc2CN(C(=O)OC(C)(C)C)C1. The second-order valence-electron chi connectivity index (χ2n) is 6.72. The molecule has 0 aliphatic carbocycles. The first-order valence-corrected chi connectivity index (χ1v) is 7.54. The van der Waals surface area contributed by atoms with E-state index in [9.17, 15) is 9.18 Å². The molecule has 1 aromatic carbocycles. The van der Waals surface area contributed by atoms with Crippen LogP contribution in [-0.4, -0.2) is 23.1 Å². The highest BCUT2D eigenvalue weighted by atomic mass is 19.1. The van der Waals surface area contributed by atoms with Crippen LogP contribution < -0.4 is 0 Å². The highest BCUT2D eigenvalue weighted by Crippen LogP contribution is 2.27. The van der Waals surface area contributed by atoms with Crippen molar-refractivity contribution in [1.82, 2.24) is 4.90 Å². The Morgan fingerprint density at radius 2 is 2.14 bits per heavy atom. The third-order valence-corrected chi connectivity index (χ3v) is 3.78. The highest BCUT2D eigenvalue weighted by molar-refractivity contribution is 5.68. The summed E-state index contributed by atoms with van der Waals surface area (Å²) in [7, 11) is 0. The zero-order valence-electron chi connectivity index (χ0n) is 13.3. The van der Waals surface area contributed by atoms with Gasteiger partial charge in [0.1, 0.15) is 11.4 Å². The Balaban J connectivity index is 2.26. The summed E-state index contributed by atoms with van der Waals surface area (Å²) >= 11 is 0. The third kappa shape index (κ3) is 3.96. The summed E-state index contributed by atoms with van der Waals surface area (Å²) in [5.41, 5.74) is 1.11. The van der Waals surface area contributed by atoms with E-state index in [4.69, 9.17) is 4.74 Å². The number of carbonyl (C=O) groups is 1. The molecule has 116 valence electrons. The predicted octanol–water partition coefficient (Wildman–Crippen LogP) is 4.15. The Kier molecular flexibility index (Phi) is 4.55. The number of hydrogen-bond acceptors (Lipinski definition) is 2. The van der Waals surface area contributed by atoms with Crippen molar-refractivity contribution in [3.63, 3.8) is 0 Å². The first-order valence-electron chi connectivity index (χ1n) is 7.54. The fourth-order valence-electron chi connectivity index (χ4n) is 2.65. The molecule has 1 aliphatic rings. The molecule has 4 heteroatoms. The fourth-order valence-corrected chi connectivity index (χ4v) is 2.65. The number of hydrogen-bond donors (Lipinski definition) is 0. The van der Waals surface area contributed by atoms with Gasteiger partial charge >= 0.3 is 6.09 Å². The van der Waals surface area contributed by atoms with Gasteiger partial charge in [-0.15, -0.1) is 0 Å². The van der Waals surface area contributed by atoms with Crippen LogP contribution in [0.5, 0.6) is 0 Å². The summed E-state index contributed by atoms with van der Waals surface area (Å²) in [6, 6.07) is 5.09. The van der Waals surface area contributed by atoms with Crippen molar-refractivity contribution in [3.8, 4) is 0 Å². The number of nitrogens with zero attached hydrogens (tertiary/aromatic N) is 1. The average molecular weight is 293 g/mol. The van der Waals surface area contributed by atoms with Crippen molar-refractivity contribution in [2.45, 2.75) is 52.7 Å². The Bertz CT molecular complexity index is 522. The summed E-state index contributed by atoms with van der Waals surface area (Å²) in [5.74, 6) is 0.0904. The molecular weight excluding hydrogens is 269 g/mol. The maximum Gasteiger partial charge on any atom is 0.410 e. The van der Waals surface area contributed by atoms with Crippen LogP contribution in [0.3, 0.4) is 0 Å². The number of benzene rings is 1. The van der Waals surface area contributed by atoms with Gasteiger partial charge in [0.2, 0.25) is 0 Å². The third-order valence-electron chi connectivity index (χ3n) is 3.78. The maximum absolute atomic E-state index is 14.0. The molecule has 21 heavy (non-hydrogen) atoms. The first kappa shape index (κ1) is 15.8. The predicted molar refractivity (Wildman–Crippen MR) is 80.5 cm³/mol. The lowest BCUT2D eigenvalue weighted by molar-refractivity contribution is 0.0209. The summed E-state index contributed by atoms with van der Waals surface area (Å²) < 4.78 is 19.5. The normalized spacial score (nSPS) is 18.9. The topological polar surface area (TPSA) is 29.5 Å². The molecule has 1 atom stereocenters. The molecule has 0 saturated heterocycles. The van der Waals surface area contributed by atoms with Crippen LogP contribution >= 0.6 is 0 Å². The molecule has 1 unspecified atom stereocenters. The molecule has 0 aromatic heterocycles. The number of ether oxygens (including phenoxy) is 1. The minimum absolute atomic E-state index is 0.169. The van der Waals surface area contributed by atoms with Crippen LogP contribution in [0.1, 0.15) is 45.2 Å². The Morgan fingerprint density at radius 1 is 1.43 bits per heavy atom. The van der Waals surface area contributed by atoms with Crippen LogP contribution in [0.4, 0.5) is 9.18 Å². The van der Waals surface area contributed by atoms with Gasteiger partial charge in [-0.05, 0) is 50.3 Å². The van der Waals surface area contributed by atoms with E-state index in [0.717, 1.165) is 17.5 Å². The standard InChI is InChI=1S/C17H24FNO2/c1-5-12-9-14-13(7-6-8-15(14)18)11-19(10-12)16(20)21-17(2,3)4/h6-8,12H,5,9-11H2,1-4H3. The van der Waals surface area contributed by atoms with Crippen molar-refractivity contribution in [3.05, 3.63) is 35.1 Å². The molecule has 1 aromatic rings. The molecule has 1 heterocycles. The van der Waals surface area contributed by atoms with Crippen LogP contribution in [0.25, 0.3) is 0 Å². The van der Waals surface area contributed by atoms with E-state index in [2.05, 4.69) is 6.92 Å². The van der Waals surface area contributed by atoms with Crippen LogP contribution in [0, 0.1) is 11.7 Å². The first-order chi connectivity index (χ1) is 9.80. The monoisotopic (exact) mass is 293 g/mol. The van der Waals surface area contributed by atoms with E-state index in [1.54, 1.807) is 11.0 Å². The number of fused-ring (bicyclic) bond motifs is 1. The summed E-state index contributed by atoms with van der Waals surface area (Å²) in [5, 5.41) is 0. The van der Waals surface area contributed by atoms with Crippen molar-refractivity contribution in [2.75, 3.05) is 6.54 Å². The molecule has 0 spiro atoms. The second kappa shape index (κ2) is 6.04. The van der Waals surface area contributed by atoms with Crippen LogP contribution in [0.15, 0.2) is 18.2 Å². The zero-order valence-corrected chi connectivity index (χ0v) is 13.3. The molecule has 0 N–H and O–H groups in total. The molecule has 0 radical (unpaired) electrons. The number of halogens is 1. The number of rotatable bonds is 1. The quantitative estimate of drug-likeness (QED) is 0.778. The average Bonchev–Trinajstić information content (AvgIpc) is 2.57. The zero-order chi connectivity index (χ0) is 15.6. The van der Waals surface area contributed by atoms with E-state index < -0.39 is 5.60 Å². The summed E-state index contributed by atoms with van der Waals surface area (Å²) in [6.45, 7) is 8.66. The molecule has 2 rings (SSSR count). The maximum atomic E-state index is 14.0. The molecule has 0 bridgehead atoms. The van der Waals surface area contributed by atoms with Gasteiger partial charge in [0, 0.05) is 13.1 Å². The molecule has 1 aliphatic heterocycles. The highest BCUT2D eigenvalue weighted by Gasteiger charge is 2.28. The molecule has 0 fully saturated rings. The van der Waals surface area contributed by atoms with Gasteiger partial charge in [-0.3, -0.25) is 0 Å². The lowest BCUT2D eigenvalue weighted by Gasteiger charge is -2.28. The van der Waals surface area contributed by atoms with Crippen molar-refractivity contribution >= 4 is 6.09 Å². The van der Waals surface area contributed by atoms with Gasteiger partial charge in [-0.2, -0.15) is 0 Å². The van der Waals surface area contributed by atoms with Gasteiger partial charge in [-0.1, -0.05) is 25.5 Å². The van der Waals surface area contributed by atoms with Crippen LogP contribution in [-0.2, 0) is 17.7 Å². The minimum Gasteiger partial charge on any atom is -0.444 e. The van der Waals surface area contributed by atoms with Crippen molar-refractivity contribution < 1.29 is 13.9 Å².